The third kappa shape index (κ3) is 1.80. The number of hydrogen-bond donors (Lipinski definition) is 1. The molecule has 0 heterocycles. The first-order valence-corrected chi connectivity index (χ1v) is 5.79. The average Bonchev–Trinajstić information content (AvgIpc) is 1.87. The molecule has 0 saturated heterocycles. The van der Waals surface area contributed by atoms with Gasteiger partial charge < -0.3 is 4.98 Å². The maximum Gasteiger partial charge on any atom is 0.146 e. The Bertz CT molecular complexity index is 76.6. The van der Waals surface area contributed by atoms with E-state index in [4.69, 9.17) is 0 Å². The van der Waals surface area contributed by atoms with E-state index in [1.807, 2.05) is 7.05 Å². The van der Waals surface area contributed by atoms with Crippen LogP contribution in [0.4, 0.5) is 0 Å². The minimum atomic E-state index is -1.16. The summed E-state index contributed by atoms with van der Waals surface area (Å²) >= 11 is 0. The highest BCUT2D eigenvalue weighted by atomic mass is 28.3. The summed E-state index contributed by atoms with van der Waals surface area (Å²) in [6.07, 6.45) is 0. The highest BCUT2D eigenvalue weighted by Gasteiger charge is 2.16. The van der Waals surface area contributed by atoms with Crippen molar-refractivity contribution in [2.24, 2.45) is 0 Å². The number of nitrogens with one attached hydrogen (secondary N) is 1. The second-order valence-corrected chi connectivity index (χ2v) is 6.68. The smallest absolute Gasteiger partial charge is 0.146 e. The molecule has 1 atom stereocenters. The van der Waals surface area contributed by atoms with Crippen LogP contribution in [0.25, 0.3) is 0 Å². The molecule has 0 aliphatic heterocycles. The fourth-order valence-corrected chi connectivity index (χ4v) is 1.27. The number of rotatable bonds is 3. The Kier molecular flexibility index (Phi) is 3.01. The van der Waals surface area contributed by atoms with Gasteiger partial charge in [0, 0.05) is 0 Å². The van der Waals surface area contributed by atoms with Gasteiger partial charge >= 0.3 is 0 Å². The summed E-state index contributed by atoms with van der Waals surface area (Å²) in [7, 11) is 0.854. The molecule has 2 heteroatoms. The number of hydrogen-bond acceptors (Lipinski definition) is 1. The summed E-state index contributed by atoms with van der Waals surface area (Å²) in [5, 5.41) is 0. The van der Waals surface area contributed by atoms with Crippen LogP contribution in [-0.4, -0.2) is 15.3 Å². The Morgan fingerprint density at radius 3 is 2.25 bits per heavy atom. The second kappa shape index (κ2) is 3.05. The summed E-state index contributed by atoms with van der Waals surface area (Å²) < 4.78 is 0. The van der Waals surface area contributed by atoms with Crippen LogP contribution in [0.5, 0.6) is 0 Å². The Morgan fingerprint density at radius 1 is 1.75 bits per heavy atom. The molecule has 0 aromatic heterocycles. The van der Waals surface area contributed by atoms with Gasteiger partial charge in [-0.25, -0.2) is 0 Å². The highest BCUT2D eigenvalue weighted by molar-refractivity contribution is 6.80. The van der Waals surface area contributed by atoms with Crippen LogP contribution in [0.3, 0.4) is 0 Å². The van der Waals surface area contributed by atoms with E-state index in [1.165, 1.54) is 6.04 Å². The zero-order valence-electron chi connectivity index (χ0n) is 5.99. The first-order valence-electron chi connectivity index (χ1n) is 3.01. The lowest BCUT2D eigenvalue weighted by atomic mass is 11.0. The van der Waals surface area contributed by atoms with Gasteiger partial charge in [0.2, 0.25) is 0 Å². The molecule has 0 aromatic rings. The van der Waals surface area contributed by atoms with Crippen molar-refractivity contribution in [3.63, 3.8) is 0 Å². The van der Waals surface area contributed by atoms with E-state index in [2.05, 4.69) is 30.7 Å². The van der Waals surface area contributed by atoms with Crippen molar-refractivity contribution in [3.8, 4) is 0 Å². The molecule has 0 aliphatic rings. The van der Waals surface area contributed by atoms with Crippen molar-refractivity contribution >= 4 is 8.24 Å². The normalized spacial score (nSPS) is 17.4. The van der Waals surface area contributed by atoms with E-state index >= 15 is 0 Å². The monoisotopic (exact) mass is 129 g/mol. The maximum absolute atomic E-state index is 3.77. The minimum absolute atomic E-state index is 1.16. The highest BCUT2D eigenvalue weighted by Crippen LogP contribution is 2.02. The Hall–Kier alpha value is -0.0831. The molecule has 0 aliphatic carbocycles. The van der Waals surface area contributed by atoms with Gasteiger partial charge in [0.05, 0.1) is 0 Å². The van der Waals surface area contributed by atoms with E-state index in [0.717, 1.165) is 0 Å². The van der Waals surface area contributed by atoms with Crippen LogP contribution in [0.2, 0.25) is 12.6 Å². The Balaban J connectivity index is 3.76. The molecule has 0 amide bonds. The van der Waals surface area contributed by atoms with Crippen molar-refractivity contribution in [2.75, 3.05) is 7.05 Å². The first kappa shape index (κ1) is 7.92. The van der Waals surface area contributed by atoms with Gasteiger partial charge in [-0.2, -0.15) is 0 Å². The van der Waals surface area contributed by atoms with Gasteiger partial charge in [-0.3, -0.25) is 0 Å². The molecule has 1 N–H and O–H groups in total. The van der Waals surface area contributed by atoms with Crippen molar-refractivity contribution < 1.29 is 0 Å². The molecule has 0 fully saturated rings. The molecule has 0 aromatic carbocycles. The fraction of sp³-hybridized carbons (Fsp3) is 0.667. The van der Waals surface area contributed by atoms with Crippen molar-refractivity contribution in [2.45, 2.75) is 19.5 Å². The van der Waals surface area contributed by atoms with E-state index in [-0.39, 0.29) is 0 Å². The third-order valence-electron chi connectivity index (χ3n) is 1.76. The van der Waals surface area contributed by atoms with Crippen LogP contribution in [-0.2, 0) is 0 Å². The summed E-state index contributed by atoms with van der Waals surface area (Å²) in [6, 6.07) is 1.23. The first-order chi connectivity index (χ1) is 3.68. The molecular formula is C6H15NSi. The van der Waals surface area contributed by atoms with E-state index in [9.17, 15) is 0 Å². The Labute approximate surface area is 52.9 Å². The lowest BCUT2D eigenvalue weighted by Gasteiger charge is -2.18. The molecule has 8 heavy (non-hydrogen) atoms. The van der Waals surface area contributed by atoms with Crippen molar-refractivity contribution in [1.29, 1.82) is 0 Å². The lowest BCUT2D eigenvalue weighted by Crippen LogP contribution is -2.42. The zero-order chi connectivity index (χ0) is 6.62. The van der Waals surface area contributed by atoms with Crippen LogP contribution in [0.15, 0.2) is 12.3 Å². The molecule has 0 saturated carbocycles. The van der Waals surface area contributed by atoms with E-state index < -0.39 is 8.24 Å². The molecule has 0 radical (unpaired) electrons. The SMILES string of the molecule is C=C[Si](C)(CC)NC. The second-order valence-electron chi connectivity index (χ2n) is 2.23. The zero-order valence-corrected chi connectivity index (χ0v) is 6.99. The standard InChI is InChI=1S/C6H15NSi/c1-5-8(4,6-2)7-3/h5,7H,1,6H2,2-4H3. The van der Waals surface area contributed by atoms with Gasteiger partial charge in [0.15, 0.2) is 0 Å². The van der Waals surface area contributed by atoms with Crippen molar-refractivity contribution in [3.05, 3.63) is 12.3 Å². The quantitative estimate of drug-likeness (QED) is 0.570. The average molecular weight is 129 g/mol. The van der Waals surface area contributed by atoms with Gasteiger partial charge in [-0.05, 0) is 13.1 Å². The molecule has 0 spiro atoms. The van der Waals surface area contributed by atoms with Gasteiger partial charge in [0.25, 0.3) is 0 Å². The van der Waals surface area contributed by atoms with E-state index in [1.54, 1.807) is 0 Å². The van der Waals surface area contributed by atoms with Crippen LogP contribution in [0, 0.1) is 0 Å². The van der Waals surface area contributed by atoms with Gasteiger partial charge in [0.1, 0.15) is 8.24 Å². The van der Waals surface area contributed by atoms with Crippen LogP contribution >= 0.6 is 0 Å². The van der Waals surface area contributed by atoms with Crippen LogP contribution in [0.1, 0.15) is 6.92 Å². The maximum atomic E-state index is 3.77. The van der Waals surface area contributed by atoms with E-state index in [0.29, 0.717) is 0 Å². The molecule has 1 unspecified atom stereocenters. The molecule has 0 bridgehead atoms. The summed E-state index contributed by atoms with van der Waals surface area (Å²) in [6.45, 7) is 8.24. The van der Waals surface area contributed by atoms with Gasteiger partial charge in [-0.15, -0.1) is 6.58 Å². The predicted molar refractivity (Wildman–Crippen MR) is 41.4 cm³/mol. The summed E-state index contributed by atoms with van der Waals surface area (Å²) in [5.41, 5.74) is 2.08. The van der Waals surface area contributed by atoms with Crippen LogP contribution < -0.4 is 4.98 Å². The third-order valence-corrected chi connectivity index (χ3v) is 5.27. The van der Waals surface area contributed by atoms with Gasteiger partial charge in [-0.1, -0.05) is 19.2 Å². The molecule has 1 nitrogen and oxygen atoms in total. The lowest BCUT2D eigenvalue weighted by molar-refractivity contribution is 1.13. The molecule has 48 valence electrons. The molecule has 0 rings (SSSR count). The summed E-state index contributed by atoms with van der Waals surface area (Å²) in [5.74, 6) is 0. The Morgan fingerprint density at radius 2 is 2.25 bits per heavy atom. The topological polar surface area (TPSA) is 12.0 Å². The fourth-order valence-electron chi connectivity index (χ4n) is 0.423. The van der Waals surface area contributed by atoms with Crippen molar-refractivity contribution in [1.82, 2.24) is 4.98 Å². The predicted octanol–water partition coefficient (Wildman–Crippen LogP) is 1.53. The molecular weight excluding hydrogens is 114 g/mol. The summed E-state index contributed by atoms with van der Waals surface area (Å²) in [4.78, 5) is 3.30. The minimum Gasteiger partial charge on any atom is -0.337 e. The largest absolute Gasteiger partial charge is 0.337 e.